The summed E-state index contributed by atoms with van der Waals surface area (Å²) < 4.78 is 0. The average Bonchev–Trinajstić information content (AvgIpc) is 3.43. The van der Waals surface area contributed by atoms with Gasteiger partial charge in [0.15, 0.2) is 11.6 Å². The molecule has 3 rings (SSSR count). The summed E-state index contributed by atoms with van der Waals surface area (Å²) in [5.74, 6) is 2.94. The van der Waals surface area contributed by atoms with E-state index < -0.39 is 6.10 Å². The molecule has 1 aliphatic rings. The maximum Gasteiger partial charge on any atom is 0.225 e. The summed E-state index contributed by atoms with van der Waals surface area (Å²) >= 11 is 0. The van der Waals surface area contributed by atoms with E-state index in [2.05, 4.69) is 41.2 Å². The van der Waals surface area contributed by atoms with Crippen molar-refractivity contribution in [1.29, 1.82) is 0 Å². The van der Waals surface area contributed by atoms with Crippen LogP contribution in [0, 0.1) is 5.92 Å². The van der Waals surface area contributed by atoms with Gasteiger partial charge >= 0.3 is 0 Å². The molecule has 0 spiro atoms. The highest BCUT2D eigenvalue weighted by molar-refractivity contribution is 5.94. The van der Waals surface area contributed by atoms with Crippen LogP contribution in [-0.2, 0) is 0 Å². The number of nitrogens with one attached hydrogen (secondary N) is 4. The van der Waals surface area contributed by atoms with Crippen molar-refractivity contribution in [3.63, 3.8) is 0 Å². The van der Waals surface area contributed by atoms with Crippen molar-refractivity contribution in [2.45, 2.75) is 38.8 Å². The van der Waals surface area contributed by atoms with E-state index in [0.29, 0.717) is 40.5 Å². The summed E-state index contributed by atoms with van der Waals surface area (Å²) in [7, 11) is 3.54. The van der Waals surface area contributed by atoms with Gasteiger partial charge in [0.1, 0.15) is 11.0 Å². The van der Waals surface area contributed by atoms with Crippen LogP contribution in [0.1, 0.15) is 26.7 Å². The Balaban J connectivity index is 2.07. The van der Waals surface area contributed by atoms with E-state index in [4.69, 9.17) is 0 Å². The van der Waals surface area contributed by atoms with Crippen LogP contribution in [0.2, 0.25) is 0 Å². The highest BCUT2D eigenvalue weighted by atomic mass is 16.3. The quantitative estimate of drug-likeness (QED) is 0.484. The molecule has 0 bridgehead atoms. The van der Waals surface area contributed by atoms with Gasteiger partial charge in [0, 0.05) is 20.6 Å². The van der Waals surface area contributed by atoms with Crippen molar-refractivity contribution >= 4 is 34.6 Å². The fraction of sp³-hybridized carbons (Fsp3) is 0.625. The van der Waals surface area contributed by atoms with Gasteiger partial charge in [0.2, 0.25) is 11.9 Å². The van der Waals surface area contributed by atoms with E-state index >= 15 is 0 Å². The van der Waals surface area contributed by atoms with Crippen LogP contribution >= 0.6 is 0 Å². The van der Waals surface area contributed by atoms with Crippen LogP contribution in [0.15, 0.2) is 0 Å². The van der Waals surface area contributed by atoms with Gasteiger partial charge < -0.3 is 26.4 Å². The number of hydrogen-bond donors (Lipinski definition) is 5. The topological polar surface area (TPSA) is 120 Å². The summed E-state index contributed by atoms with van der Waals surface area (Å²) in [5.41, 5.74) is 1.27. The molecule has 1 saturated carbocycles. The lowest BCUT2D eigenvalue weighted by atomic mass is 10.2. The number of fused-ring (bicyclic) bond motifs is 1. The lowest BCUT2D eigenvalue weighted by Crippen LogP contribution is -2.28. The van der Waals surface area contributed by atoms with Crippen LogP contribution in [0.5, 0.6) is 0 Å². The predicted octanol–water partition coefficient (Wildman–Crippen LogP) is 1.51. The Bertz CT molecular complexity index is 746. The Kier molecular flexibility index (Phi) is 5.03. The SMILES string of the molecule is CNc1nc(NC(C)C(C)O)c2nc(NC)nc(NCC3CC3)c2n1. The van der Waals surface area contributed by atoms with Gasteiger partial charge in [0.25, 0.3) is 0 Å². The Labute approximate surface area is 147 Å². The molecule has 9 nitrogen and oxygen atoms in total. The largest absolute Gasteiger partial charge is 0.391 e. The number of nitrogens with zero attached hydrogens (tertiary/aromatic N) is 4. The van der Waals surface area contributed by atoms with Crippen LogP contribution in [0.3, 0.4) is 0 Å². The van der Waals surface area contributed by atoms with Crippen molar-refractivity contribution in [1.82, 2.24) is 19.9 Å². The minimum atomic E-state index is -0.527. The van der Waals surface area contributed by atoms with Gasteiger partial charge in [-0.05, 0) is 32.6 Å². The zero-order chi connectivity index (χ0) is 18.0. The highest BCUT2D eigenvalue weighted by Crippen LogP contribution is 2.31. The molecule has 0 aliphatic heterocycles. The van der Waals surface area contributed by atoms with Gasteiger partial charge in [-0.3, -0.25) is 0 Å². The van der Waals surface area contributed by atoms with E-state index in [1.165, 1.54) is 12.8 Å². The van der Waals surface area contributed by atoms with E-state index in [9.17, 15) is 5.11 Å². The number of aromatic nitrogens is 4. The number of aliphatic hydroxyl groups is 1. The van der Waals surface area contributed by atoms with Crippen molar-refractivity contribution in [3.8, 4) is 0 Å². The van der Waals surface area contributed by atoms with Gasteiger partial charge in [-0.2, -0.15) is 9.97 Å². The molecule has 0 saturated heterocycles. The van der Waals surface area contributed by atoms with Crippen LogP contribution < -0.4 is 21.3 Å². The zero-order valence-corrected chi connectivity index (χ0v) is 15.1. The Morgan fingerprint density at radius 1 is 0.960 bits per heavy atom. The first-order valence-electron chi connectivity index (χ1n) is 8.65. The minimum Gasteiger partial charge on any atom is -0.391 e. The van der Waals surface area contributed by atoms with E-state index in [0.717, 1.165) is 6.54 Å². The van der Waals surface area contributed by atoms with E-state index in [1.54, 1.807) is 21.0 Å². The molecule has 25 heavy (non-hydrogen) atoms. The molecule has 2 unspecified atom stereocenters. The maximum absolute atomic E-state index is 9.81. The van der Waals surface area contributed by atoms with Crippen LogP contribution in [0.25, 0.3) is 11.0 Å². The molecule has 9 heteroatoms. The second-order valence-corrected chi connectivity index (χ2v) is 6.49. The molecule has 1 fully saturated rings. The Morgan fingerprint density at radius 2 is 1.52 bits per heavy atom. The lowest BCUT2D eigenvalue weighted by Gasteiger charge is -2.19. The van der Waals surface area contributed by atoms with E-state index in [-0.39, 0.29) is 6.04 Å². The smallest absolute Gasteiger partial charge is 0.225 e. The fourth-order valence-corrected chi connectivity index (χ4v) is 2.36. The van der Waals surface area contributed by atoms with Crippen LogP contribution in [-0.4, -0.2) is 57.8 Å². The number of rotatable bonds is 8. The molecule has 1 aliphatic carbocycles. The van der Waals surface area contributed by atoms with Crippen molar-refractivity contribution in [3.05, 3.63) is 0 Å². The minimum absolute atomic E-state index is 0.182. The summed E-state index contributed by atoms with van der Waals surface area (Å²) in [6, 6.07) is -0.182. The normalized spacial score (nSPS) is 16.4. The van der Waals surface area contributed by atoms with Crippen molar-refractivity contribution in [2.24, 2.45) is 5.92 Å². The number of anilines is 4. The van der Waals surface area contributed by atoms with Gasteiger partial charge in [-0.1, -0.05) is 0 Å². The first kappa shape index (κ1) is 17.4. The van der Waals surface area contributed by atoms with Gasteiger partial charge in [-0.25, -0.2) is 9.97 Å². The molecule has 0 amide bonds. The monoisotopic (exact) mass is 346 g/mol. The summed E-state index contributed by atoms with van der Waals surface area (Å²) in [5, 5.41) is 22.4. The maximum atomic E-state index is 9.81. The van der Waals surface area contributed by atoms with Gasteiger partial charge in [-0.15, -0.1) is 0 Å². The summed E-state index contributed by atoms with van der Waals surface area (Å²) in [6.07, 6.45) is 1.98. The van der Waals surface area contributed by atoms with Crippen molar-refractivity contribution < 1.29 is 5.11 Å². The first-order chi connectivity index (χ1) is 12.0. The van der Waals surface area contributed by atoms with Gasteiger partial charge in [0.05, 0.1) is 12.1 Å². The fourth-order valence-electron chi connectivity index (χ4n) is 2.36. The molecule has 5 N–H and O–H groups in total. The standard InChI is InChI=1S/C16H26N8O/c1-8(9(2)25)20-14-12-11(21-16(18-4)24-14)13(19-7-10-5-6-10)23-15(17-3)22-12/h8-10,25H,5-7H2,1-4H3,(H2,17,19,22,23)(H2,18,20,21,24). The Hall–Kier alpha value is -2.42. The molecule has 2 aromatic rings. The molecule has 0 radical (unpaired) electrons. The van der Waals surface area contributed by atoms with Crippen LogP contribution in [0.4, 0.5) is 23.5 Å². The highest BCUT2D eigenvalue weighted by Gasteiger charge is 2.23. The number of aliphatic hydroxyl groups excluding tert-OH is 1. The first-order valence-corrected chi connectivity index (χ1v) is 8.65. The molecule has 0 aromatic carbocycles. The number of hydrogen-bond acceptors (Lipinski definition) is 9. The zero-order valence-electron chi connectivity index (χ0n) is 15.1. The Morgan fingerprint density at radius 3 is 2.04 bits per heavy atom. The van der Waals surface area contributed by atoms with Crippen molar-refractivity contribution in [2.75, 3.05) is 41.9 Å². The third-order valence-corrected chi connectivity index (χ3v) is 4.33. The average molecular weight is 346 g/mol. The molecule has 2 aromatic heterocycles. The molecular formula is C16H26N8O. The molecule has 2 atom stereocenters. The molecule has 136 valence electrons. The molecular weight excluding hydrogens is 320 g/mol. The second-order valence-electron chi connectivity index (χ2n) is 6.49. The summed E-state index contributed by atoms with van der Waals surface area (Å²) in [6.45, 7) is 4.50. The summed E-state index contributed by atoms with van der Waals surface area (Å²) in [4.78, 5) is 18.1. The lowest BCUT2D eigenvalue weighted by molar-refractivity contribution is 0.178. The third kappa shape index (κ3) is 3.98. The molecule has 2 heterocycles. The predicted molar refractivity (Wildman–Crippen MR) is 100 cm³/mol. The second kappa shape index (κ2) is 7.22. The third-order valence-electron chi connectivity index (χ3n) is 4.33. The van der Waals surface area contributed by atoms with E-state index in [1.807, 2.05) is 6.92 Å².